The van der Waals surface area contributed by atoms with Gasteiger partial charge in [-0.25, -0.2) is 0 Å². The van der Waals surface area contributed by atoms with Gasteiger partial charge in [-0.15, -0.1) is 0 Å². The number of carbonyl (C=O) groups is 1. The molecular formula is C28H37AsN2O2S. The zero-order chi connectivity index (χ0) is 24.3. The number of methoxy groups -OCH3 is 1. The molecule has 0 radical (unpaired) electrons. The fourth-order valence-electron chi connectivity index (χ4n) is 4.00. The minimum atomic E-state index is -0.911. The number of rotatable bonds is 13. The van der Waals surface area contributed by atoms with Crippen molar-refractivity contribution in [1.29, 1.82) is 0 Å². The number of nitrogens with zero attached hydrogens (tertiary/aromatic N) is 2. The third-order valence-corrected chi connectivity index (χ3v) is 12.9. The number of aryl methyl sites for hydroxylation is 1. The number of anilines is 1. The predicted octanol–water partition coefficient (Wildman–Crippen LogP) is 6.72. The first-order valence-corrected chi connectivity index (χ1v) is 16.8. The number of hydrogen-bond donors (Lipinski definition) is 0. The molecule has 2 aromatic carbocycles. The fraction of sp³-hybridized carbons (Fsp3) is 0.429. The summed E-state index contributed by atoms with van der Waals surface area (Å²) in [6.45, 7) is 7.38. The van der Waals surface area contributed by atoms with Gasteiger partial charge in [0, 0.05) is 0 Å². The van der Waals surface area contributed by atoms with Gasteiger partial charge in [-0.05, 0) is 24.3 Å². The van der Waals surface area contributed by atoms with Gasteiger partial charge in [-0.3, -0.25) is 0 Å². The molecule has 34 heavy (non-hydrogen) atoms. The van der Waals surface area contributed by atoms with E-state index in [2.05, 4.69) is 45.0 Å². The second kappa shape index (κ2) is 13.7. The molecule has 0 saturated heterocycles. The third-order valence-electron chi connectivity index (χ3n) is 5.77. The topological polar surface area (TPSA) is 42.4 Å². The SMILES string of the molecule is CCCN(C(=O)CCc1ccc([As](CCC)CCC)cc1)c1nc(-c2ccc(OC)cc2)cs1. The van der Waals surface area contributed by atoms with E-state index >= 15 is 0 Å². The number of benzene rings is 2. The Morgan fingerprint density at radius 1 is 0.971 bits per heavy atom. The zero-order valence-electron chi connectivity index (χ0n) is 20.9. The Hall–Kier alpha value is -2.10. The van der Waals surface area contributed by atoms with E-state index in [1.54, 1.807) is 11.5 Å². The van der Waals surface area contributed by atoms with Gasteiger partial charge in [-0.1, -0.05) is 0 Å². The molecule has 4 nitrogen and oxygen atoms in total. The van der Waals surface area contributed by atoms with Gasteiger partial charge in [0.25, 0.3) is 0 Å². The second-order valence-electron chi connectivity index (χ2n) is 8.44. The fourth-order valence-corrected chi connectivity index (χ4v) is 9.90. The van der Waals surface area contributed by atoms with Crippen LogP contribution in [0, 0.1) is 0 Å². The quantitative estimate of drug-likeness (QED) is 0.226. The predicted molar refractivity (Wildman–Crippen MR) is 147 cm³/mol. The van der Waals surface area contributed by atoms with Crippen molar-refractivity contribution >= 4 is 41.4 Å². The molecule has 1 heterocycles. The molecule has 0 bridgehead atoms. The number of ether oxygens (including phenoxy) is 1. The van der Waals surface area contributed by atoms with Crippen LogP contribution in [-0.4, -0.2) is 39.2 Å². The van der Waals surface area contributed by atoms with Crippen molar-refractivity contribution in [3.63, 3.8) is 0 Å². The molecule has 3 rings (SSSR count). The molecule has 0 aliphatic carbocycles. The monoisotopic (exact) mass is 540 g/mol. The Bertz CT molecular complexity index is 1010. The molecule has 0 fully saturated rings. The first kappa shape index (κ1) is 26.5. The normalized spacial score (nSPS) is 11.1. The van der Waals surface area contributed by atoms with Gasteiger partial charge >= 0.3 is 172 Å². The number of aromatic nitrogens is 1. The molecule has 0 spiro atoms. The van der Waals surface area contributed by atoms with Crippen molar-refractivity contribution in [2.75, 3.05) is 18.6 Å². The van der Waals surface area contributed by atoms with Crippen LogP contribution < -0.4 is 14.0 Å². The molecule has 1 aromatic heterocycles. The van der Waals surface area contributed by atoms with Crippen LogP contribution in [-0.2, 0) is 11.2 Å². The van der Waals surface area contributed by atoms with Crippen molar-refractivity contribution in [3.8, 4) is 17.0 Å². The molecule has 0 aliphatic rings. The number of thiazole rings is 1. The Balaban J connectivity index is 1.64. The summed E-state index contributed by atoms with van der Waals surface area (Å²) >= 11 is 0.623. The summed E-state index contributed by atoms with van der Waals surface area (Å²) in [5, 5.41) is 5.58. The molecule has 0 saturated carbocycles. The van der Waals surface area contributed by atoms with Crippen LogP contribution in [0.5, 0.6) is 5.75 Å². The first-order chi connectivity index (χ1) is 16.6. The van der Waals surface area contributed by atoms with Crippen LogP contribution in [0.15, 0.2) is 53.9 Å². The molecule has 6 heteroatoms. The summed E-state index contributed by atoms with van der Waals surface area (Å²) in [7, 11) is 1.66. The summed E-state index contributed by atoms with van der Waals surface area (Å²) < 4.78 is 6.82. The molecular weight excluding hydrogens is 503 g/mol. The second-order valence-corrected chi connectivity index (χ2v) is 14.5. The van der Waals surface area contributed by atoms with E-state index in [9.17, 15) is 4.79 Å². The summed E-state index contributed by atoms with van der Waals surface area (Å²) in [6.07, 6.45) is 4.73. The first-order valence-electron chi connectivity index (χ1n) is 12.3. The van der Waals surface area contributed by atoms with Gasteiger partial charge in [-0.2, -0.15) is 0 Å². The Morgan fingerprint density at radius 2 is 1.65 bits per heavy atom. The summed E-state index contributed by atoms with van der Waals surface area (Å²) in [4.78, 5) is 19.8. The van der Waals surface area contributed by atoms with Gasteiger partial charge in [0.2, 0.25) is 0 Å². The summed E-state index contributed by atoms with van der Waals surface area (Å²) in [5.41, 5.74) is 3.17. The number of amides is 1. The van der Waals surface area contributed by atoms with Crippen molar-refractivity contribution in [3.05, 3.63) is 59.5 Å². The maximum absolute atomic E-state index is 13.2. The van der Waals surface area contributed by atoms with E-state index in [-0.39, 0.29) is 5.91 Å². The molecule has 1 amide bonds. The number of carbonyl (C=O) groups excluding carboxylic acids is 1. The molecule has 0 N–H and O–H groups in total. The Labute approximate surface area is 213 Å². The van der Waals surface area contributed by atoms with Crippen molar-refractivity contribution in [2.24, 2.45) is 0 Å². The van der Waals surface area contributed by atoms with Crippen LogP contribution in [0.4, 0.5) is 5.13 Å². The van der Waals surface area contributed by atoms with E-state index in [1.165, 1.54) is 40.2 Å². The average Bonchev–Trinajstić information content (AvgIpc) is 3.36. The standard InChI is InChI=1S/C28H37AsN2O2S/c1-5-18-29(19-6-2)24-13-8-22(9-14-24)10-17-27(32)31(20-7-3)28-30-26(21-34-28)23-11-15-25(33-4)16-12-23/h8-9,11-16,21H,5-7,10,17-20H2,1-4H3. The van der Waals surface area contributed by atoms with Crippen LogP contribution in [0.1, 0.15) is 52.0 Å². The van der Waals surface area contributed by atoms with Gasteiger partial charge in [0.1, 0.15) is 5.75 Å². The van der Waals surface area contributed by atoms with Crippen LogP contribution >= 0.6 is 11.3 Å². The van der Waals surface area contributed by atoms with Crippen molar-refractivity contribution in [1.82, 2.24) is 4.98 Å². The molecule has 0 aliphatic heterocycles. The van der Waals surface area contributed by atoms with E-state index in [4.69, 9.17) is 9.72 Å². The molecule has 0 atom stereocenters. The van der Waals surface area contributed by atoms with E-state index in [1.807, 2.05) is 34.5 Å². The van der Waals surface area contributed by atoms with Crippen LogP contribution in [0.25, 0.3) is 11.3 Å². The molecule has 3 aromatic rings. The van der Waals surface area contributed by atoms with Gasteiger partial charge in [0.15, 0.2) is 0 Å². The van der Waals surface area contributed by atoms with Gasteiger partial charge < -0.3 is 4.74 Å². The van der Waals surface area contributed by atoms with E-state index < -0.39 is 14.7 Å². The Kier molecular flexibility index (Phi) is 10.7. The average molecular weight is 541 g/mol. The minimum absolute atomic E-state index is 0.145. The number of hydrogen-bond acceptors (Lipinski definition) is 4. The van der Waals surface area contributed by atoms with Crippen LogP contribution in [0.2, 0.25) is 10.4 Å². The van der Waals surface area contributed by atoms with Gasteiger partial charge in [0.05, 0.1) is 7.11 Å². The maximum atomic E-state index is 13.2. The van der Waals surface area contributed by atoms with E-state index in [0.29, 0.717) is 13.0 Å². The third kappa shape index (κ3) is 7.20. The molecule has 182 valence electrons. The summed E-state index contributed by atoms with van der Waals surface area (Å²) in [6, 6.07) is 17.0. The zero-order valence-corrected chi connectivity index (χ0v) is 23.6. The van der Waals surface area contributed by atoms with Crippen LogP contribution in [0.3, 0.4) is 0 Å². The van der Waals surface area contributed by atoms with Crippen molar-refractivity contribution in [2.45, 2.75) is 63.3 Å². The van der Waals surface area contributed by atoms with E-state index in [0.717, 1.165) is 35.0 Å². The Morgan fingerprint density at radius 3 is 2.24 bits per heavy atom. The molecule has 0 unspecified atom stereocenters. The van der Waals surface area contributed by atoms with Crippen molar-refractivity contribution < 1.29 is 9.53 Å². The summed E-state index contributed by atoms with van der Waals surface area (Å²) in [5.74, 6) is 0.968.